The summed E-state index contributed by atoms with van der Waals surface area (Å²) in [6, 6.07) is 3.61. The maximum Gasteiger partial charge on any atom is 0.471 e. The Bertz CT molecular complexity index is 890. The van der Waals surface area contributed by atoms with Crippen molar-refractivity contribution in [2.24, 2.45) is 0 Å². The quantitative estimate of drug-likeness (QED) is 0.648. The summed E-state index contributed by atoms with van der Waals surface area (Å²) in [7, 11) is 1.15. The molecule has 0 spiro atoms. The minimum absolute atomic E-state index is 0.0393. The van der Waals surface area contributed by atoms with E-state index in [1.165, 1.54) is 13.0 Å². The van der Waals surface area contributed by atoms with Gasteiger partial charge in [-0.25, -0.2) is 9.18 Å². The van der Waals surface area contributed by atoms with Gasteiger partial charge in [0, 0.05) is 23.1 Å². The molecule has 5 nitrogen and oxygen atoms in total. The molecule has 1 aliphatic heterocycles. The summed E-state index contributed by atoms with van der Waals surface area (Å²) < 4.78 is 57.2. The van der Waals surface area contributed by atoms with Crippen LogP contribution in [0.15, 0.2) is 18.2 Å². The minimum Gasteiger partial charge on any atom is -0.465 e. The first-order chi connectivity index (χ1) is 12.1. The van der Waals surface area contributed by atoms with E-state index in [9.17, 15) is 27.2 Å². The Morgan fingerprint density at radius 3 is 2.58 bits per heavy atom. The van der Waals surface area contributed by atoms with Gasteiger partial charge in [-0.15, -0.1) is 0 Å². The molecule has 1 amide bonds. The van der Waals surface area contributed by atoms with Crippen LogP contribution in [0.25, 0.3) is 10.9 Å². The highest BCUT2D eigenvalue weighted by atomic mass is 19.4. The molecule has 0 unspecified atom stereocenters. The third kappa shape index (κ3) is 2.81. The van der Waals surface area contributed by atoms with Crippen molar-refractivity contribution in [3.05, 3.63) is 35.3 Å². The van der Waals surface area contributed by atoms with E-state index in [1.807, 2.05) is 0 Å². The molecule has 140 valence electrons. The lowest BCUT2D eigenvalue weighted by atomic mass is 9.94. The molecule has 1 saturated heterocycles. The highest BCUT2D eigenvalue weighted by molar-refractivity contribution is 6.04. The Hall–Kier alpha value is -2.58. The lowest BCUT2D eigenvalue weighted by molar-refractivity contribution is -0.189. The highest BCUT2D eigenvalue weighted by Crippen LogP contribution is 2.41. The first-order valence-electron chi connectivity index (χ1n) is 7.88. The number of ether oxygens (including phenoxy) is 1. The van der Waals surface area contributed by atoms with Crippen molar-refractivity contribution >= 4 is 22.8 Å². The number of halogens is 4. The van der Waals surface area contributed by atoms with Gasteiger partial charge in [0.2, 0.25) is 0 Å². The molecule has 1 aliphatic rings. The Morgan fingerprint density at radius 1 is 1.27 bits per heavy atom. The maximum absolute atomic E-state index is 13.8. The van der Waals surface area contributed by atoms with Crippen LogP contribution in [0.5, 0.6) is 0 Å². The number of carbonyl (C=O) groups is 2. The number of hydrogen-bond donors (Lipinski definition) is 1. The second-order valence-corrected chi connectivity index (χ2v) is 6.42. The zero-order chi connectivity index (χ0) is 19.3. The Balaban J connectivity index is 2.13. The zero-order valence-corrected chi connectivity index (χ0v) is 14.0. The number of nitrogens with one attached hydrogen (secondary N) is 1. The summed E-state index contributed by atoms with van der Waals surface area (Å²) >= 11 is 0. The van der Waals surface area contributed by atoms with E-state index < -0.39 is 29.4 Å². The van der Waals surface area contributed by atoms with Crippen molar-refractivity contribution in [1.29, 1.82) is 0 Å². The van der Waals surface area contributed by atoms with Crippen LogP contribution in [-0.4, -0.2) is 41.6 Å². The first kappa shape index (κ1) is 18.2. The topological polar surface area (TPSA) is 62.4 Å². The summed E-state index contributed by atoms with van der Waals surface area (Å²) in [5.74, 6) is -3.37. The van der Waals surface area contributed by atoms with Crippen LogP contribution in [0.3, 0.4) is 0 Å². The Morgan fingerprint density at radius 2 is 1.96 bits per heavy atom. The zero-order valence-electron chi connectivity index (χ0n) is 14.0. The molecule has 3 rings (SSSR count). The van der Waals surface area contributed by atoms with Crippen LogP contribution in [0.4, 0.5) is 17.6 Å². The van der Waals surface area contributed by atoms with Crippen molar-refractivity contribution in [3.8, 4) is 0 Å². The van der Waals surface area contributed by atoms with E-state index in [0.29, 0.717) is 23.9 Å². The molecule has 26 heavy (non-hydrogen) atoms. The standard InChI is InChI=1S/C17H16F4N2O3/c1-16(4-3-5-23(16)15(25)17(19,20)21)13-8-10-11(14(24)26-2)6-9(18)7-12(10)22-13/h6-8,22H,3-5H2,1-2H3/t16-/m1/s1. The van der Waals surface area contributed by atoms with Crippen LogP contribution >= 0.6 is 0 Å². The third-order valence-corrected chi connectivity index (χ3v) is 4.82. The number of H-pyrrole nitrogens is 1. The molecule has 1 aromatic heterocycles. The number of carbonyl (C=O) groups excluding carboxylic acids is 2. The monoisotopic (exact) mass is 372 g/mol. The van der Waals surface area contributed by atoms with E-state index >= 15 is 0 Å². The number of hydrogen-bond acceptors (Lipinski definition) is 3. The molecule has 0 aliphatic carbocycles. The van der Waals surface area contributed by atoms with E-state index in [-0.39, 0.29) is 17.6 Å². The maximum atomic E-state index is 13.8. The molecule has 1 atom stereocenters. The summed E-state index contributed by atoms with van der Waals surface area (Å²) in [5, 5.41) is 0.320. The van der Waals surface area contributed by atoms with Crippen LogP contribution in [-0.2, 0) is 15.1 Å². The fourth-order valence-corrected chi connectivity index (χ4v) is 3.49. The smallest absolute Gasteiger partial charge is 0.465 e. The van der Waals surface area contributed by atoms with Gasteiger partial charge in [-0.05, 0) is 38.0 Å². The molecule has 0 radical (unpaired) electrons. The van der Waals surface area contributed by atoms with Gasteiger partial charge in [0.15, 0.2) is 0 Å². The van der Waals surface area contributed by atoms with Crippen LogP contribution in [0.1, 0.15) is 35.8 Å². The van der Waals surface area contributed by atoms with Gasteiger partial charge in [-0.3, -0.25) is 4.79 Å². The van der Waals surface area contributed by atoms with Crippen LogP contribution in [0, 0.1) is 5.82 Å². The molecule has 1 N–H and O–H groups in total. The average molecular weight is 372 g/mol. The van der Waals surface area contributed by atoms with Gasteiger partial charge in [-0.1, -0.05) is 0 Å². The molecule has 2 aromatic rings. The molecule has 0 saturated carbocycles. The molecular formula is C17H16F4N2O3. The van der Waals surface area contributed by atoms with Gasteiger partial charge >= 0.3 is 18.1 Å². The number of esters is 1. The highest BCUT2D eigenvalue weighted by Gasteiger charge is 2.51. The molecular weight excluding hydrogens is 356 g/mol. The van der Waals surface area contributed by atoms with Gasteiger partial charge < -0.3 is 14.6 Å². The number of aromatic amines is 1. The number of rotatable bonds is 2. The number of methoxy groups -OCH3 is 1. The largest absolute Gasteiger partial charge is 0.471 e. The van der Waals surface area contributed by atoms with Crippen molar-refractivity contribution in [2.75, 3.05) is 13.7 Å². The predicted octanol–water partition coefficient (Wildman–Crippen LogP) is 3.49. The van der Waals surface area contributed by atoms with E-state index in [2.05, 4.69) is 9.72 Å². The number of likely N-dealkylation sites (tertiary alicyclic amines) is 1. The van der Waals surface area contributed by atoms with Gasteiger partial charge in [0.05, 0.1) is 18.2 Å². The molecule has 1 fully saturated rings. The molecule has 1 aromatic carbocycles. The number of nitrogens with zero attached hydrogens (tertiary/aromatic N) is 1. The van der Waals surface area contributed by atoms with Crippen LogP contribution in [0.2, 0.25) is 0 Å². The third-order valence-electron chi connectivity index (χ3n) is 4.82. The predicted molar refractivity (Wildman–Crippen MR) is 84.0 cm³/mol. The number of alkyl halides is 3. The second-order valence-electron chi connectivity index (χ2n) is 6.42. The molecule has 9 heteroatoms. The van der Waals surface area contributed by atoms with Gasteiger partial charge in [0.25, 0.3) is 0 Å². The SMILES string of the molecule is COC(=O)c1cc(F)cc2[nH]c([C@@]3(C)CCCN3C(=O)C(F)(F)F)cc12. The lowest BCUT2D eigenvalue weighted by Gasteiger charge is -2.35. The van der Waals surface area contributed by atoms with Crippen molar-refractivity contribution in [1.82, 2.24) is 9.88 Å². The lowest BCUT2D eigenvalue weighted by Crippen LogP contribution is -2.48. The van der Waals surface area contributed by atoms with E-state index in [4.69, 9.17) is 0 Å². The average Bonchev–Trinajstić information content (AvgIpc) is 3.16. The normalized spacial score (nSPS) is 20.6. The Labute approximate surface area is 145 Å². The second kappa shape index (κ2) is 6.00. The summed E-state index contributed by atoms with van der Waals surface area (Å²) in [5.41, 5.74) is -0.734. The van der Waals surface area contributed by atoms with Crippen molar-refractivity contribution in [2.45, 2.75) is 31.5 Å². The Kier molecular flexibility index (Phi) is 4.20. The van der Waals surface area contributed by atoms with Crippen molar-refractivity contribution in [3.63, 3.8) is 0 Å². The fourth-order valence-electron chi connectivity index (χ4n) is 3.49. The number of aromatic nitrogens is 1. The minimum atomic E-state index is -4.99. The molecule has 2 heterocycles. The summed E-state index contributed by atoms with van der Waals surface area (Å²) in [4.78, 5) is 27.3. The number of fused-ring (bicyclic) bond motifs is 1. The van der Waals surface area contributed by atoms with Gasteiger partial charge in [0.1, 0.15) is 5.82 Å². The summed E-state index contributed by atoms with van der Waals surface area (Å²) in [6.45, 7) is 1.48. The molecule has 0 bridgehead atoms. The van der Waals surface area contributed by atoms with E-state index in [0.717, 1.165) is 24.1 Å². The van der Waals surface area contributed by atoms with Crippen molar-refractivity contribution < 1.29 is 31.9 Å². The van der Waals surface area contributed by atoms with Crippen LogP contribution < -0.4 is 0 Å². The fraction of sp³-hybridized carbons (Fsp3) is 0.412. The summed E-state index contributed by atoms with van der Waals surface area (Å²) in [6.07, 6.45) is -4.29. The number of amides is 1. The number of benzene rings is 1. The first-order valence-corrected chi connectivity index (χ1v) is 7.88. The van der Waals surface area contributed by atoms with Gasteiger partial charge in [-0.2, -0.15) is 13.2 Å². The van der Waals surface area contributed by atoms with E-state index in [1.54, 1.807) is 0 Å².